The van der Waals surface area contributed by atoms with Crippen LogP contribution in [0.1, 0.15) is 43.9 Å². The SMILES string of the molecule is Cc1ccc(-n2cnnc2SCC(=O)NC(C)CCc2ccc(OC(C)C)cc2)cc1C. The number of aromatic nitrogens is 3. The van der Waals surface area contributed by atoms with E-state index in [1.807, 2.05) is 43.5 Å². The molecule has 0 saturated carbocycles. The van der Waals surface area contributed by atoms with Crippen molar-refractivity contribution in [2.75, 3.05) is 5.75 Å². The highest BCUT2D eigenvalue weighted by Gasteiger charge is 2.13. The molecule has 1 N–H and O–H groups in total. The topological polar surface area (TPSA) is 69.0 Å². The highest BCUT2D eigenvalue weighted by Crippen LogP contribution is 2.21. The third kappa shape index (κ3) is 6.85. The monoisotopic (exact) mass is 452 g/mol. The summed E-state index contributed by atoms with van der Waals surface area (Å²) >= 11 is 1.39. The van der Waals surface area contributed by atoms with Gasteiger partial charge in [-0.15, -0.1) is 10.2 Å². The summed E-state index contributed by atoms with van der Waals surface area (Å²) in [5.74, 6) is 1.18. The van der Waals surface area contributed by atoms with E-state index in [1.54, 1.807) is 6.33 Å². The van der Waals surface area contributed by atoms with Crippen molar-refractivity contribution in [3.63, 3.8) is 0 Å². The first-order valence-electron chi connectivity index (χ1n) is 11.0. The molecule has 0 fully saturated rings. The molecule has 0 bridgehead atoms. The van der Waals surface area contributed by atoms with Crippen molar-refractivity contribution < 1.29 is 9.53 Å². The van der Waals surface area contributed by atoms with Gasteiger partial charge >= 0.3 is 0 Å². The Kier molecular flexibility index (Phi) is 8.33. The lowest BCUT2D eigenvalue weighted by atomic mass is 10.1. The molecule has 0 radical (unpaired) electrons. The Bertz CT molecular complexity index is 1030. The first-order chi connectivity index (χ1) is 15.3. The van der Waals surface area contributed by atoms with Crippen LogP contribution in [0, 0.1) is 13.8 Å². The minimum absolute atomic E-state index is 0.00202. The number of carbonyl (C=O) groups is 1. The fraction of sp³-hybridized carbons (Fsp3) is 0.400. The van der Waals surface area contributed by atoms with Gasteiger partial charge in [0.2, 0.25) is 5.91 Å². The number of rotatable bonds is 10. The second kappa shape index (κ2) is 11.2. The van der Waals surface area contributed by atoms with Crippen LogP contribution < -0.4 is 10.1 Å². The molecule has 3 rings (SSSR count). The van der Waals surface area contributed by atoms with Crippen molar-refractivity contribution in [2.24, 2.45) is 0 Å². The molecule has 1 amide bonds. The largest absolute Gasteiger partial charge is 0.491 e. The van der Waals surface area contributed by atoms with Gasteiger partial charge in [0.05, 0.1) is 11.9 Å². The van der Waals surface area contributed by atoms with Gasteiger partial charge in [0.25, 0.3) is 0 Å². The van der Waals surface area contributed by atoms with Crippen LogP contribution in [0.3, 0.4) is 0 Å². The molecule has 0 aliphatic rings. The Morgan fingerprint density at radius 3 is 2.53 bits per heavy atom. The first kappa shape index (κ1) is 23.9. The average molecular weight is 453 g/mol. The van der Waals surface area contributed by atoms with E-state index in [1.165, 1.54) is 28.5 Å². The Morgan fingerprint density at radius 1 is 1.09 bits per heavy atom. The zero-order valence-electron chi connectivity index (χ0n) is 19.5. The Balaban J connectivity index is 1.46. The second-order valence-electron chi connectivity index (χ2n) is 8.36. The first-order valence-corrected chi connectivity index (χ1v) is 12.0. The van der Waals surface area contributed by atoms with Crippen molar-refractivity contribution in [1.82, 2.24) is 20.1 Å². The predicted molar refractivity (Wildman–Crippen MR) is 130 cm³/mol. The normalized spacial score (nSPS) is 12.1. The van der Waals surface area contributed by atoms with Gasteiger partial charge in [-0.1, -0.05) is 30.0 Å². The molecule has 3 aromatic rings. The summed E-state index contributed by atoms with van der Waals surface area (Å²) < 4.78 is 7.60. The maximum absolute atomic E-state index is 12.4. The fourth-order valence-electron chi connectivity index (χ4n) is 3.28. The molecule has 1 heterocycles. The molecule has 2 aromatic carbocycles. The third-order valence-corrected chi connectivity index (χ3v) is 6.13. The minimum atomic E-state index is -0.00202. The molecule has 7 heteroatoms. The third-order valence-electron chi connectivity index (χ3n) is 5.19. The number of benzene rings is 2. The number of ether oxygens (including phenoxy) is 1. The van der Waals surface area contributed by atoms with E-state index in [-0.39, 0.29) is 18.1 Å². The molecular weight excluding hydrogens is 420 g/mol. The molecule has 1 atom stereocenters. The highest BCUT2D eigenvalue weighted by molar-refractivity contribution is 7.99. The summed E-state index contributed by atoms with van der Waals surface area (Å²) in [7, 11) is 0. The fourth-order valence-corrected chi connectivity index (χ4v) is 4.02. The zero-order valence-corrected chi connectivity index (χ0v) is 20.3. The Labute approximate surface area is 194 Å². The summed E-state index contributed by atoms with van der Waals surface area (Å²) in [5, 5.41) is 12.0. The number of hydrogen-bond acceptors (Lipinski definition) is 5. The molecule has 1 unspecified atom stereocenters. The smallest absolute Gasteiger partial charge is 0.230 e. The van der Waals surface area contributed by atoms with Crippen LogP contribution in [0.4, 0.5) is 0 Å². The van der Waals surface area contributed by atoms with Crippen molar-refractivity contribution in [3.8, 4) is 11.4 Å². The quantitative estimate of drug-likeness (QED) is 0.443. The molecule has 32 heavy (non-hydrogen) atoms. The summed E-state index contributed by atoms with van der Waals surface area (Å²) in [6.07, 6.45) is 3.63. The summed E-state index contributed by atoms with van der Waals surface area (Å²) in [6.45, 7) is 10.2. The van der Waals surface area contributed by atoms with Crippen LogP contribution in [0.15, 0.2) is 53.9 Å². The molecule has 0 aliphatic heterocycles. The van der Waals surface area contributed by atoms with Crippen LogP contribution in [0.5, 0.6) is 5.75 Å². The molecule has 1 aromatic heterocycles. The van der Waals surface area contributed by atoms with E-state index in [0.717, 1.165) is 24.3 Å². The van der Waals surface area contributed by atoms with E-state index in [4.69, 9.17) is 4.74 Å². The van der Waals surface area contributed by atoms with Crippen LogP contribution in [-0.4, -0.2) is 38.6 Å². The van der Waals surface area contributed by atoms with E-state index in [2.05, 4.69) is 53.6 Å². The summed E-state index contributed by atoms with van der Waals surface area (Å²) in [4.78, 5) is 12.4. The van der Waals surface area contributed by atoms with Crippen LogP contribution in [-0.2, 0) is 11.2 Å². The molecule has 0 aliphatic carbocycles. The number of amides is 1. The van der Waals surface area contributed by atoms with Crippen molar-refractivity contribution in [1.29, 1.82) is 0 Å². The predicted octanol–water partition coefficient (Wildman–Crippen LogP) is 4.90. The number of thioether (sulfide) groups is 1. The number of carbonyl (C=O) groups excluding carboxylic acids is 1. The molecule has 170 valence electrons. The number of nitrogens with one attached hydrogen (secondary N) is 1. The maximum Gasteiger partial charge on any atom is 0.230 e. The van der Waals surface area contributed by atoms with Crippen molar-refractivity contribution >= 4 is 17.7 Å². The van der Waals surface area contributed by atoms with Crippen molar-refractivity contribution in [3.05, 3.63) is 65.5 Å². The number of nitrogens with zero attached hydrogens (tertiary/aromatic N) is 3. The standard InChI is InChI=1S/C25H32N4O2S/c1-17(2)31-23-12-9-21(10-13-23)8-7-20(5)27-24(30)15-32-25-28-26-16-29(25)22-11-6-18(3)19(4)14-22/h6,9-14,16-17,20H,7-8,15H2,1-5H3,(H,27,30). The van der Waals surface area contributed by atoms with E-state index in [9.17, 15) is 4.79 Å². The lowest BCUT2D eigenvalue weighted by molar-refractivity contribution is -0.119. The summed E-state index contributed by atoms with van der Waals surface area (Å²) in [6, 6.07) is 14.5. The Morgan fingerprint density at radius 2 is 1.84 bits per heavy atom. The Hall–Kier alpha value is -2.80. The number of hydrogen-bond donors (Lipinski definition) is 1. The van der Waals surface area contributed by atoms with Gasteiger partial charge in [-0.05, 0) is 88.4 Å². The number of aryl methyl sites for hydroxylation is 3. The molecule has 6 nitrogen and oxygen atoms in total. The molecule has 0 saturated heterocycles. The van der Waals surface area contributed by atoms with Gasteiger partial charge < -0.3 is 10.1 Å². The molecular formula is C25H32N4O2S. The zero-order chi connectivity index (χ0) is 23.1. The van der Waals surface area contributed by atoms with Gasteiger partial charge in [0.15, 0.2) is 5.16 Å². The van der Waals surface area contributed by atoms with E-state index < -0.39 is 0 Å². The van der Waals surface area contributed by atoms with Gasteiger partial charge in [0, 0.05) is 11.7 Å². The van der Waals surface area contributed by atoms with Gasteiger partial charge in [-0.3, -0.25) is 9.36 Å². The van der Waals surface area contributed by atoms with Gasteiger partial charge in [-0.25, -0.2) is 0 Å². The lowest BCUT2D eigenvalue weighted by Crippen LogP contribution is -2.34. The van der Waals surface area contributed by atoms with Crippen molar-refractivity contribution in [2.45, 2.75) is 64.8 Å². The minimum Gasteiger partial charge on any atom is -0.491 e. The van der Waals surface area contributed by atoms with Gasteiger partial charge in [-0.2, -0.15) is 0 Å². The average Bonchev–Trinajstić information content (AvgIpc) is 3.22. The van der Waals surface area contributed by atoms with E-state index in [0.29, 0.717) is 10.9 Å². The maximum atomic E-state index is 12.4. The highest BCUT2D eigenvalue weighted by atomic mass is 32.2. The van der Waals surface area contributed by atoms with E-state index >= 15 is 0 Å². The lowest BCUT2D eigenvalue weighted by Gasteiger charge is -2.14. The molecule has 0 spiro atoms. The van der Waals surface area contributed by atoms with Crippen LogP contribution in [0.25, 0.3) is 5.69 Å². The second-order valence-corrected chi connectivity index (χ2v) is 9.30. The van der Waals surface area contributed by atoms with Gasteiger partial charge in [0.1, 0.15) is 12.1 Å². The van der Waals surface area contributed by atoms with Crippen LogP contribution in [0.2, 0.25) is 0 Å². The summed E-state index contributed by atoms with van der Waals surface area (Å²) in [5.41, 5.74) is 4.68. The van der Waals surface area contributed by atoms with Crippen LogP contribution >= 0.6 is 11.8 Å².